The van der Waals surface area contributed by atoms with Gasteiger partial charge in [0, 0.05) is 12.2 Å². The van der Waals surface area contributed by atoms with Gasteiger partial charge >= 0.3 is 5.97 Å². The molecule has 0 radical (unpaired) electrons. The maximum atomic E-state index is 10.5. The van der Waals surface area contributed by atoms with Gasteiger partial charge in [-0.15, -0.1) is 6.58 Å². The molecular weight excluding hydrogens is 166 g/mol. The SMILES string of the molecule is C=CCC(C)N/C=C(\C=C)C(=O)O. The number of hydrogen-bond acceptors (Lipinski definition) is 2. The molecule has 0 aliphatic carbocycles. The molecule has 0 fully saturated rings. The quantitative estimate of drug-likeness (QED) is 0.372. The van der Waals surface area contributed by atoms with Crippen LogP contribution in [0.2, 0.25) is 0 Å². The molecule has 0 aromatic carbocycles. The summed E-state index contributed by atoms with van der Waals surface area (Å²) in [7, 11) is 0. The van der Waals surface area contributed by atoms with E-state index in [0.29, 0.717) is 0 Å². The van der Waals surface area contributed by atoms with Crippen LogP contribution >= 0.6 is 0 Å². The lowest BCUT2D eigenvalue weighted by Gasteiger charge is -2.08. The highest BCUT2D eigenvalue weighted by Crippen LogP contribution is 1.96. The molecule has 0 saturated heterocycles. The predicted octanol–water partition coefficient (Wildman–Crippen LogP) is 1.70. The Morgan fingerprint density at radius 2 is 2.23 bits per heavy atom. The van der Waals surface area contributed by atoms with Crippen LogP contribution in [0.25, 0.3) is 0 Å². The lowest BCUT2D eigenvalue weighted by atomic mass is 10.2. The molecule has 0 aliphatic rings. The van der Waals surface area contributed by atoms with E-state index in [-0.39, 0.29) is 11.6 Å². The lowest BCUT2D eigenvalue weighted by Crippen LogP contribution is -2.20. The van der Waals surface area contributed by atoms with Crippen LogP contribution < -0.4 is 5.32 Å². The second-order valence-corrected chi connectivity index (χ2v) is 2.70. The third-order valence-corrected chi connectivity index (χ3v) is 1.51. The summed E-state index contributed by atoms with van der Waals surface area (Å²) in [5.41, 5.74) is 0.163. The van der Waals surface area contributed by atoms with E-state index in [0.717, 1.165) is 6.42 Å². The summed E-state index contributed by atoms with van der Waals surface area (Å²) in [6.45, 7) is 8.93. The van der Waals surface area contributed by atoms with E-state index in [1.54, 1.807) is 6.08 Å². The molecule has 0 aliphatic heterocycles. The van der Waals surface area contributed by atoms with E-state index in [1.807, 2.05) is 6.92 Å². The van der Waals surface area contributed by atoms with E-state index < -0.39 is 5.97 Å². The molecule has 0 saturated carbocycles. The van der Waals surface area contributed by atoms with Crippen LogP contribution in [0, 0.1) is 0 Å². The van der Waals surface area contributed by atoms with Gasteiger partial charge in [-0.3, -0.25) is 0 Å². The van der Waals surface area contributed by atoms with E-state index >= 15 is 0 Å². The summed E-state index contributed by atoms with van der Waals surface area (Å²) >= 11 is 0. The number of aliphatic carboxylic acids is 1. The molecule has 13 heavy (non-hydrogen) atoms. The summed E-state index contributed by atoms with van der Waals surface area (Å²) in [5, 5.41) is 11.5. The summed E-state index contributed by atoms with van der Waals surface area (Å²) in [6.07, 6.45) is 5.32. The third kappa shape index (κ3) is 4.85. The summed E-state index contributed by atoms with van der Waals surface area (Å²) < 4.78 is 0. The van der Waals surface area contributed by atoms with Crippen LogP contribution in [0.1, 0.15) is 13.3 Å². The fourth-order valence-electron chi connectivity index (χ4n) is 0.758. The topological polar surface area (TPSA) is 49.3 Å². The fraction of sp³-hybridized carbons (Fsp3) is 0.300. The normalized spacial score (nSPS) is 13.2. The molecule has 0 heterocycles. The highest BCUT2D eigenvalue weighted by atomic mass is 16.4. The summed E-state index contributed by atoms with van der Waals surface area (Å²) in [4.78, 5) is 10.5. The van der Waals surface area contributed by atoms with Gasteiger partial charge in [0.25, 0.3) is 0 Å². The number of rotatable bonds is 6. The minimum Gasteiger partial charge on any atom is -0.478 e. The van der Waals surface area contributed by atoms with Crippen LogP contribution in [0.5, 0.6) is 0 Å². The van der Waals surface area contributed by atoms with Gasteiger partial charge < -0.3 is 10.4 Å². The number of hydrogen-bond donors (Lipinski definition) is 2. The Hall–Kier alpha value is -1.51. The first-order valence-corrected chi connectivity index (χ1v) is 4.04. The molecule has 0 bridgehead atoms. The Kier molecular flexibility index (Phi) is 5.35. The zero-order chi connectivity index (χ0) is 10.3. The molecule has 0 spiro atoms. The lowest BCUT2D eigenvalue weighted by molar-refractivity contribution is -0.132. The van der Waals surface area contributed by atoms with Crippen molar-refractivity contribution in [3.05, 3.63) is 37.1 Å². The highest BCUT2D eigenvalue weighted by molar-refractivity contribution is 5.89. The zero-order valence-electron chi connectivity index (χ0n) is 7.79. The van der Waals surface area contributed by atoms with Crippen molar-refractivity contribution in [2.75, 3.05) is 0 Å². The molecule has 0 amide bonds. The van der Waals surface area contributed by atoms with Gasteiger partial charge in [-0.1, -0.05) is 18.7 Å². The maximum Gasteiger partial charge on any atom is 0.337 e. The first-order chi connectivity index (χ1) is 6.11. The number of carbonyl (C=O) groups is 1. The summed E-state index contributed by atoms with van der Waals surface area (Å²) in [5.74, 6) is -0.978. The van der Waals surface area contributed by atoms with E-state index in [9.17, 15) is 4.79 Å². The molecule has 2 N–H and O–H groups in total. The average Bonchev–Trinajstić information content (AvgIpc) is 2.05. The predicted molar refractivity (Wildman–Crippen MR) is 53.3 cm³/mol. The van der Waals surface area contributed by atoms with Crippen molar-refractivity contribution < 1.29 is 9.90 Å². The van der Waals surface area contributed by atoms with Gasteiger partial charge in [0.2, 0.25) is 0 Å². The van der Waals surface area contributed by atoms with E-state index in [2.05, 4.69) is 18.5 Å². The van der Waals surface area contributed by atoms with Gasteiger partial charge in [0.05, 0.1) is 5.57 Å². The standard InChI is InChI=1S/C10H15NO2/c1-4-6-8(3)11-7-9(5-2)10(12)13/h4-5,7-8,11H,1-2,6H2,3H3,(H,12,13)/b9-7+. The maximum absolute atomic E-state index is 10.5. The first-order valence-electron chi connectivity index (χ1n) is 4.04. The first kappa shape index (κ1) is 11.5. The molecule has 0 rings (SSSR count). The monoisotopic (exact) mass is 181 g/mol. The van der Waals surface area contributed by atoms with Gasteiger partial charge in [0.15, 0.2) is 0 Å². The Bertz CT molecular complexity index is 231. The Labute approximate surface area is 78.5 Å². The zero-order valence-corrected chi connectivity index (χ0v) is 7.79. The molecule has 72 valence electrons. The number of carboxylic acids is 1. The Morgan fingerprint density at radius 3 is 2.62 bits per heavy atom. The van der Waals surface area contributed by atoms with Gasteiger partial charge in [0.1, 0.15) is 0 Å². The van der Waals surface area contributed by atoms with Crippen molar-refractivity contribution in [2.45, 2.75) is 19.4 Å². The molecule has 1 atom stereocenters. The minimum atomic E-state index is -0.978. The molecule has 1 unspecified atom stereocenters. The average molecular weight is 181 g/mol. The Balaban J connectivity index is 4.13. The molecular formula is C10H15NO2. The second-order valence-electron chi connectivity index (χ2n) is 2.70. The Morgan fingerprint density at radius 1 is 1.62 bits per heavy atom. The van der Waals surface area contributed by atoms with Crippen LogP contribution in [0.3, 0.4) is 0 Å². The van der Waals surface area contributed by atoms with Crippen molar-refractivity contribution >= 4 is 5.97 Å². The second kappa shape index (κ2) is 6.06. The smallest absolute Gasteiger partial charge is 0.337 e. The van der Waals surface area contributed by atoms with Crippen molar-refractivity contribution in [3.8, 4) is 0 Å². The van der Waals surface area contributed by atoms with Crippen LogP contribution in [0.15, 0.2) is 37.1 Å². The fourth-order valence-corrected chi connectivity index (χ4v) is 0.758. The van der Waals surface area contributed by atoms with E-state index in [1.165, 1.54) is 12.3 Å². The minimum absolute atomic E-state index is 0.163. The van der Waals surface area contributed by atoms with Gasteiger partial charge in [-0.25, -0.2) is 4.79 Å². The molecule has 3 heteroatoms. The van der Waals surface area contributed by atoms with E-state index in [4.69, 9.17) is 5.11 Å². The molecule has 0 aromatic rings. The van der Waals surface area contributed by atoms with Crippen LogP contribution in [0.4, 0.5) is 0 Å². The van der Waals surface area contributed by atoms with Crippen LogP contribution in [-0.4, -0.2) is 17.1 Å². The molecule has 3 nitrogen and oxygen atoms in total. The van der Waals surface area contributed by atoms with Crippen molar-refractivity contribution in [1.82, 2.24) is 5.32 Å². The van der Waals surface area contributed by atoms with Gasteiger partial charge in [-0.05, 0) is 13.3 Å². The van der Waals surface area contributed by atoms with Gasteiger partial charge in [-0.2, -0.15) is 0 Å². The van der Waals surface area contributed by atoms with Crippen molar-refractivity contribution in [3.63, 3.8) is 0 Å². The molecule has 0 aromatic heterocycles. The number of nitrogens with one attached hydrogen (secondary N) is 1. The third-order valence-electron chi connectivity index (χ3n) is 1.51. The number of carboxylic acid groups (broad SMARTS) is 1. The summed E-state index contributed by atoms with van der Waals surface area (Å²) in [6, 6.07) is 0.187. The van der Waals surface area contributed by atoms with Crippen LogP contribution in [-0.2, 0) is 4.79 Å². The van der Waals surface area contributed by atoms with Crippen molar-refractivity contribution in [2.24, 2.45) is 0 Å². The largest absolute Gasteiger partial charge is 0.478 e. The highest BCUT2D eigenvalue weighted by Gasteiger charge is 2.02. The van der Waals surface area contributed by atoms with Crippen molar-refractivity contribution in [1.29, 1.82) is 0 Å².